The van der Waals surface area contributed by atoms with Gasteiger partial charge in [-0.3, -0.25) is 4.79 Å². The zero-order chi connectivity index (χ0) is 12.6. The van der Waals surface area contributed by atoms with E-state index in [1.807, 2.05) is 13.8 Å². The molecule has 0 bridgehead atoms. The van der Waals surface area contributed by atoms with Crippen LogP contribution in [-0.2, 0) is 14.3 Å². The summed E-state index contributed by atoms with van der Waals surface area (Å²) in [5, 5.41) is 0. The lowest BCUT2D eigenvalue weighted by Gasteiger charge is -2.15. The third-order valence-electron chi connectivity index (χ3n) is 1.58. The molecular weight excluding hydrogens is 210 g/mol. The number of hydrogen-bond donors (Lipinski definition) is 0. The van der Waals surface area contributed by atoms with Crippen molar-refractivity contribution in [1.29, 1.82) is 0 Å². The standard InChI is InChI=1S/C11H19NO4/c1-5-6-15-11(14)12(4)7-10(13)16-8-9(2)3/h5,9H,1,6-8H2,2-4H3. The molecule has 16 heavy (non-hydrogen) atoms. The van der Waals surface area contributed by atoms with Crippen LogP contribution in [0.15, 0.2) is 12.7 Å². The summed E-state index contributed by atoms with van der Waals surface area (Å²) >= 11 is 0. The Bertz CT molecular complexity index is 250. The fraction of sp³-hybridized carbons (Fsp3) is 0.636. The van der Waals surface area contributed by atoms with Gasteiger partial charge in [0, 0.05) is 7.05 Å². The van der Waals surface area contributed by atoms with Crippen LogP contribution in [0.2, 0.25) is 0 Å². The van der Waals surface area contributed by atoms with E-state index in [1.54, 1.807) is 0 Å². The molecule has 0 spiro atoms. The Kier molecular flexibility index (Phi) is 7.00. The van der Waals surface area contributed by atoms with Gasteiger partial charge in [-0.2, -0.15) is 0 Å². The van der Waals surface area contributed by atoms with Gasteiger partial charge in [-0.05, 0) is 5.92 Å². The van der Waals surface area contributed by atoms with Gasteiger partial charge < -0.3 is 14.4 Å². The van der Waals surface area contributed by atoms with Crippen LogP contribution in [0.3, 0.4) is 0 Å². The predicted molar refractivity (Wildman–Crippen MR) is 60.0 cm³/mol. The monoisotopic (exact) mass is 229 g/mol. The maximum Gasteiger partial charge on any atom is 0.410 e. The molecule has 0 N–H and O–H groups in total. The van der Waals surface area contributed by atoms with Gasteiger partial charge in [0.25, 0.3) is 0 Å². The van der Waals surface area contributed by atoms with E-state index in [2.05, 4.69) is 6.58 Å². The third-order valence-corrected chi connectivity index (χ3v) is 1.58. The van der Waals surface area contributed by atoms with Crippen LogP contribution in [0.25, 0.3) is 0 Å². The summed E-state index contributed by atoms with van der Waals surface area (Å²) in [6.45, 7) is 7.67. The van der Waals surface area contributed by atoms with E-state index in [0.29, 0.717) is 6.61 Å². The molecule has 5 nitrogen and oxygen atoms in total. The number of carbonyl (C=O) groups is 2. The Morgan fingerprint density at radius 1 is 1.38 bits per heavy atom. The molecule has 0 aromatic heterocycles. The molecule has 0 unspecified atom stereocenters. The van der Waals surface area contributed by atoms with Gasteiger partial charge in [-0.25, -0.2) is 4.79 Å². The number of carbonyl (C=O) groups excluding carboxylic acids is 2. The topological polar surface area (TPSA) is 55.8 Å². The van der Waals surface area contributed by atoms with Crippen LogP contribution < -0.4 is 0 Å². The Hall–Kier alpha value is -1.52. The normalized spacial score (nSPS) is 9.75. The minimum Gasteiger partial charge on any atom is -0.464 e. The van der Waals surface area contributed by atoms with Gasteiger partial charge in [0.1, 0.15) is 13.2 Å². The van der Waals surface area contributed by atoms with Crippen molar-refractivity contribution in [2.75, 3.05) is 26.8 Å². The van der Waals surface area contributed by atoms with E-state index in [9.17, 15) is 9.59 Å². The van der Waals surface area contributed by atoms with E-state index in [0.717, 1.165) is 4.90 Å². The van der Waals surface area contributed by atoms with Crippen LogP contribution in [0.1, 0.15) is 13.8 Å². The molecule has 0 fully saturated rings. The van der Waals surface area contributed by atoms with Gasteiger partial charge in [0.15, 0.2) is 0 Å². The molecular formula is C11H19NO4. The van der Waals surface area contributed by atoms with Crippen LogP contribution in [0.5, 0.6) is 0 Å². The second kappa shape index (κ2) is 7.73. The van der Waals surface area contributed by atoms with Crippen molar-refractivity contribution < 1.29 is 19.1 Å². The molecule has 0 aliphatic carbocycles. The number of nitrogens with zero attached hydrogens (tertiary/aromatic N) is 1. The first-order valence-electron chi connectivity index (χ1n) is 5.11. The minimum absolute atomic E-state index is 0.108. The molecule has 0 saturated heterocycles. The molecule has 1 amide bonds. The summed E-state index contributed by atoms with van der Waals surface area (Å²) < 4.78 is 9.66. The molecule has 0 heterocycles. The fourth-order valence-electron chi connectivity index (χ4n) is 0.804. The van der Waals surface area contributed by atoms with Crippen LogP contribution >= 0.6 is 0 Å². The number of ether oxygens (including phenoxy) is 2. The highest BCUT2D eigenvalue weighted by atomic mass is 16.6. The molecule has 5 heteroatoms. The third kappa shape index (κ3) is 6.86. The second-order valence-electron chi connectivity index (χ2n) is 3.80. The number of hydrogen-bond acceptors (Lipinski definition) is 4. The van der Waals surface area contributed by atoms with Gasteiger partial charge in [-0.15, -0.1) is 0 Å². The summed E-state index contributed by atoms with van der Waals surface area (Å²) in [5.41, 5.74) is 0. The predicted octanol–water partition coefficient (Wildman–Crippen LogP) is 1.44. The number of esters is 1. The maximum atomic E-state index is 11.2. The summed E-state index contributed by atoms with van der Waals surface area (Å²) in [4.78, 5) is 23.6. The highest BCUT2D eigenvalue weighted by Crippen LogP contribution is 1.96. The summed E-state index contributed by atoms with van der Waals surface area (Å²) in [6, 6.07) is 0. The number of likely N-dealkylation sites (N-methyl/N-ethyl adjacent to an activating group) is 1. The Morgan fingerprint density at radius 2 is 2.00 bits per heavy atom. The molecule has 0 aliphatic rings. The largest absolute Gasteiger partial charge is 0.464 e. The Balaban J connectivity index is 3.84. The molecule has 0 saturated carbocycles. The highest BCUT2D eigenvalue weighted by Gasteiger charge is 2.14. The molecule has 0 radical (unpaired) electrons. The highest BCUT2D eigenvalue weighted by molar-refractivity contribution is 5.77. The van der Waals surface area contributed by atoms with E-state index in [-0.39, 0.29) is 19.1 Å². The molecule has 0 aliphatic heterocycles. The zero-order valence-corrected chi connectivity index (χ0v) is 10.1. The second-order valence-corrected chi connectivity index (χ2v) is 3.80. The average molecular weight is 229 g/mol. The van der Waals surface area contributed by atoms with Crippen molar-refractivity contribution in [3.8, 4) is 0 Å². The Labute approximate surface area is 96.0 Å². The summed E-state index contributed by atoms with van der Waals surface area (Å²) in [6.07, 6.45) is 0.893. The van der Waals surface area contributed by atoms with Crippen molar-refractivity contribution in [3.05, 3.63) is 12.7 Å². The van der Waals surface area contributed by atoms with Crippen molar-refractivity contribution in [2.24, 2.45) is 5.92 Å². The quantitative estimate of drug-likeness (QED) is 0.511. The lowest BCUT2D eigenvalue weighted by atomic mass is 10.2. The van der Waals surface area contributed by atoms with E-state index in [1.165, 1.54) is 13.1 Å². The van der Waals surface area contributed by atoms with Crippen LogP contribution in [0.4, 0.5) is 4.79 Å². The minimum atomic E-state index is -0.568. The smallest absolute Gasteiger partial charge is 0.410 e. The van der Waals surface area contributed by atoms with E-state index < -0.39 is 12.1 Å². The average Bonchev–Trinajstić information content (AvgIpc) is 2.22. The van der Waals surface area contributed by atoms with Crippen molar-refractivity contribution in [3.63, 3.8) is 0 Å². The van der Waals surface area contributed by atoms with Gasteiger partial charge in [-0.1, -0.05) is 26.5 Å². The van der Waals surface area contributed by atoms with Crippen LogP contribution in [-0.4, -0.2) is 43.8 Å². The van der Waals surface area contributed by atoms with Crippen molar-refractivity contribution in [1.82, 2.24) is 4.90 Å². The molecule has 0 aromatic carbocycles. The molecule has 0 aromatic rings. The van der Waals surface area contributed by atoms with E-state index in [4.69, 9.17) is 9.47 Å². The summed E-state index contributed by atoms with van der Waals surface area (Å²) in [7, 11) is 1.47. The van der Waals surface area contributed by atoms with Gasteiger partial charge in [0.05, 0.1) is 6.61 Å². The van der Waals surface area contributed by atoms with Crippen LogP contribution in [0, 0.1) is 5.92 Å². The number of rotatable bonds is 6. The first-order valence-corrected chi connectivity index (χ1v) is 5.11. The lowest BCUT2D eigenvalue weighted by Crippen LogP contribution is -2.33. The van der Waals surface area contributed by atoms with Crippen molar-refractivity contribution in [2.45, 2.75) is 13.8 Å². The van der Waals surface area contributed by atoms with Gasteiger partial charge >= 0.3 is 12.1 Å². The molecule has 92 valence electrons. The fourth-order valence-corrected chi connectivity index (χ4v) is 0.804. The van der Waals surface area contributed by atoms with Gasteiger partial charge in [0.2, 0.25) is 0 Å². The first kappa shape index (κ1) is 14.5. The molecule has 0 atom stereocenters. The first-order chi connectivity index (χ1) is 7.47. The van der Waals surface area contributed by atoms with E-state index >= 15 is 0 Å². The summed E-state index contributed by atoms with van der Waals surface area (Å²) in [5.74, 6) is -0.159. The SMILES string of the molecule is C=CCOC(=O)N(C)CC(=O)OCC(C)C. The number of amides is 1. The molecule has 0 rings (SSSR count). The lowest BCUT2D eigenvalue weighted by molar-refractivity contribution is -0.145. The maximum absolute atomic E-state index is 11.2. The zero-order valence-electron chi connectivity index (χ0n) is 10.1. The Morgan fingerprint density at radius 3 is 2.50 bits per heavy atom. The van der Waals surface area contributed by atoms with Crippen molar-refractivity contribution >= 4 is 12.1 Å².